The normalized spacial score (nSPS) is 13.3. The van der Waals surface area contributed by atoms with E-state index in [-0.39, 0.29) is 0 Å². The summed E-state index contributed by atoms with van der Waals surface area (Å²) in [6.45, 7) is 10.0. The zero-order valence-electron chi connectivity index (χ0n) is 10.9. The molecule has 3 heteroatoms. The van der Waals surface area contributed by atoms with Gasteiger partial charge in [-0.1, -0.05) is 33.6 Å². The van der Waals surface area contributed by atoms with Crippen LogP contribution in [0.2, 0.25) is 0 Å². The van der Waals surface area contributed by atoms with E-state index >= 15 is 0 Å². The molecule has 2 nitrogen and oxygen atoms in total. The third-order valence-electron chi connectivity index (χ3n) is 3.16. The molecule has 1 unspecified atom stereocenters. The Hall–Kier alpha value is -0.410. The van der Waals surface area contributed by atoms with Crippen molar-refractivity contribution in [3.05, 3.63) is 16.1 Å². The van der Waals surface area contributed by atoms with Crippen LogP contribution >= 0.6 is 11.3 Å². The molecule has 0 aliphatic carbocycles. The summed E-state index contributed by atoms with van der Waals surface area (Å²) >= 11 is 1.83. The first-order valence-electron chi connectivity index (χ1n) is 6.39. The number of thiazole rings is 1. The fourth-order valence-electron chi connectivity index (χ4n) is 1.69. The summed E-state index contributed by atoms with van der Waals surface area (Å²) in [5.41, 5.74) is 0. The highest BCUT2D eigenvalue weighted by molar-refractivity contribution is 7.11. The van der Waals surface area contributed by atoms with E-state index in [1.807, 2.05) is 17.5 Å². The zero-order chi connectivity index (χ0) is 12.0. The summed E-state index contributed by atoms with van der Waals surface area (Å²) in [4.78, 5) is 5.85. The first-order valence-corrected chi connectivity index (χ1v) is 7.20. The van der Waals surface area contributed by atoms with Gasteiger partial charge in [0.15, 0.2) is 0 Å². The van der Waals surface area contributed by atoms with Crippen LogP contribution < -0.4 is 5.32 Å². The molecule has 92 valence electrons. The van der Waals surface area contributed by atoms with Gasteiger partial charge in [-0.2, -0.15) is 0 Å². The summed E-state index contributed by atoms with van der Waals surface area (Å²) in [6, 6.07) is 0.394. The number of nitrogens with one attached hydrogen (secondary N) is 1. The van der Waals surface area contributed by atoms with Gasteiger partial charge in [0.2, 0.25) is 0 Å². The molecule has 0 aliphatic rings. The Morgan fingerprint density at radius 3 is 2.50 bits per heavy atom. The van der Waals surface area contributed by atoms with Crippen LogP contribution in [0.5, 0.6) is 0 Å². The molecule has 0 spiro atoms. The number of rotatable bonds is 7. The minimum atomic E-state index is 0.394. The maximum absolute atomic E-state index is 4.47. The maximum Gasteiger partial charge on any atom is 0.109 e. The molecular weight excluding hydrogens is 216 g/mol. The number of hydrogen-bond acceptors (Lipinski definition) is 3. The van der Waals surface area contributed by atoms with Crippen molar-refractivity contribution in [2.24, 2.45) is 5.92 Å². The van der Waals surface area contributed by atoms with Crippen molar-refractivity contribution < 1.29 is 0 Å². The second-order valence-electron chi connectivity index (χ2n) is 4.33. The molecule has 0 fully saturated rings. The summed E-state index contributed by atoms with van der Waals surface area (Å²) in [5.74, 6) is 0.799. The quantitative estimate of drug-likeness (QED) is 0.784. The minimum absolute atomic E-state index is 0.394. The molecular formula is C13H24N2S. The van der Waals surface area contributed by atoms with Gasteiger partial charge in [-0.3, -0.25) is 0 Å². The SMILES string of the molecule is CCc1cnc(C(C)NCC(CC)CC)s1. The standard InChI is InChI=1S/C13H24N2S/c1-5-11(6-2)8-14-10(4)13-15-9-12(7-3)16-13/h9-11,14H,5-8H2,1-4H3. The monoisotopic (exact) mass is 240 g/mol. The van der Waals surface area contributed by atoms with Gasteiger partial charge in [0.25, 0.3) is 0 Å². The van der Waals surface area contributed by atoms with Gasteiger partial charge >= 0.3 is 0 Å². The fourth-order valence-corrected chi connectivity index (χ4v) is 2.58. The molecule has 0 saturated heterocycles. The largest absolute Gasteiger partial charge is 0.308 e. The Morgan fingerprint density at radius 1 is 1.31 bits per heavy atom. The fraction of sp³-hybridized carbons (Fsp3) is 0.769. The Bertz CT molecular complexity index is 292. The molecule has 0 saturated carbocycles. The van der Waals surface area contributed by atoms with Crippen molar-refractivity contribution in [3.8, 4) is 0 Å². The van der Waals surface area contributed by atoms with E-state index in [0.29, 0.717) is 6.04 Å². The lowest BCUT2D eigenvalue weighted by Crippen LogP contribution is -2.25. The number of aromatic nitrogens is 1. The Morgan fingerprint density at radius 2 is 2.00 bits per heavy atom. The molecule has 1 rings (SSSR count). The van der Waals surface area contributed by atoms with Crippen LogP contribution in [-0.4, -0.2) is 11.5 Å². The van der Waals surface area contributed by atoms with Crippen molar-refractivity contribution in [1.82, 2.24) is 10.3 Å². The summed E-state index contributed by atoms with van der Waals surface area (Å²) in [6.07, 6.45) is 5.62. The number of hydrogen-bond donors (Lipinski definition) is 1. The second-order valence-corrected chi connectivity index (χ2v) is 5.48. The van der Waals surface area contributed by atoms with Crippen LogP contribution in [0.15, 0.2) is 6.20 Å². The lowest BCUT2D eigenvalue weighted by molar-refractivity contribution is 0.422. The molecule has 16 heavy (non-hydrogen) atoms. The van der Waals surface area contributed by atoms with Gasteiger partial charge in [0, 0.05) is 11.1 Å². The topological polar surface area (TPSA) is 24.9 Å². The molecule has 0 radical (unpaired) electrons. The van der Waals surface area contributed by atoms with Gasteiger partial charge in [-0.25, -0.2) is 4.98 Å². The molecule has 1 N–H and O–H groups in total. The maximum atomic E-state index is 4.47. The van der Waals surface area contributed by atoms with Crippen molar-refractivity contribution in [2.45, 2.75) is 53.0 Å². The molecule has 1 aromatic rings. The van der Waals surface area contributed by atoms with E-state index < -0.39 is 0 Å². The van der Waals surface area contributed by atoms with Crippen molar-refractivity contribution >= 4 is 11.3 Å². The van der Waals surface area contributed by atoms with E-state index in [0.717, 1.165) is 18.9 Å². The van der Waals surface area contributed by atoms with Crippen LogP contribution in [0.1, 0.15) is 56.5 Å². The smallest absolute Gasteiger partial charge is 0.109 e. The highest BCUT2D eigenvalue weighted by Crippen LogP contribution is 2.20. The Labute approximate surface area is 103 Å². The predicted octanol–water partition coefficient (Wildman–Crippen LogP) is 3.79. The third kappa shape index (κ3) is 3.87. The van der Waals surface area contributed by atoms with Crippen LogP contribution in [-0.2, 0) is 6.42 Å². The van der Waals surface area contributed by atoms with E-state index in [4.69, 9.17) is 0 Å². The van der Waals surface area contributed by atoms with Crippen molar-refractivity contribution in [1.29, 1.82) is 0 Å². The third-order valence-corrected chi connectivity index (χ3v) is 4.48. The lowest BCUT2D eigenvalue weighted by Gasteiger charge is -2.16. The van der Waals surface area contributed by atoms with E-state index in [9.17, 15) is 0 Å². The first-order chi connectivity index (χ1) is 7.71. The van der Waals surface area contributed by atoms with E-state index in [1.54, 1.807) is 0 Å². The van der Waals surface area contributed by atoms with Crippen LogP contribution in [0.25, 0.3) is 0 Å². The van der Waals surface area contributed by atoms with E-state index in [2.05, 4.69) is 38.0 Å². The number of nitrogens with zero attached hydrogens (tertiary/aromatic N) is 1. The first kappa shape index (κ1) is 13.7. The van der Waals surface area contributed by atoms with Gasteiger partial charge in [0.1, 0.15) is 5.01 Å². The van der Waals surface area contributed by atoms with Crippen molar-refractivity contribution in [2.75, 3.05) is 6.54 Å². The summed E-state index contributed by atoms with van der Waals surface area (Å²) < 4.78 is 0. The molecule has 1 aromatic heterocycles. The molecule has 0 bridgehead atoms. The van der Waals surface area contributed by atoms with Crippen molar-refractivity contribution in [3.63, 3.8) is 0 Å². The van der Waals surface area contributed by atoms with Gasteiger partial charge in [-0.15, -0.1) is 11.3 Å². The highest BCUT2D eigenvalue weighted by Gasteiger charge is 2.11. The summed E-state index contributed by atoms with van der Waals surface area (Å²) in [5, 5.41) is 4.81. The average molecular weight is 240 g/mol. The van der Waals surface area contributed by atoms with Gasteiger partial charge in [-0.05, 0) is 25.8 Å². The van der Waals surface area contributed by atoms with E-state index in [1.165, 1.54) is 22.7 Å². The number of aryl methyl sites for hydroxylation is 1. The average Bonchev–Trinajstić information content (AvgIpc) is 2.78. The molecule has 0 aromatic carbocycles. The molecule has 1 heterocycles. The Balaban J connectivity index is 2.42. The van der Waals surface area contributed by atoms with Crippen LogP contribution in [0.4, 0.5) is 0 Å². The summed E-state index contributed by atoms with van der Waals surface area (Å²) in [7, 11) is 0. The van der Waals surface area contributed by atoms with Crippen LogP contribution in [0, 0.1) is 5.92 Å². The van der Waals surface area contributed by atoms with Gasteiger partial charge in [0.05, 0.1) is 6.04 Å². The highest BCUT2D eigenvalue weighted by atomic mass is 32.1. The lowest BCUT2D eigenvalue weighted by atomic mass is 10.0. The second kappa shape index (κ2) is 7.02. The van der Waals surface area contributed by atoms with Gasteiger partial charge < -0.3 is 5.32 Å². The molecule has 0 amide bonds. The predicted molar refractivity (Wildman–Crippen MR) is 72.0 cm³/mol. The molecule has 0 aliphatic heterocycles. The zero-order valence-corrected chi connectivity index (χ0v) is 11.7. The van der Waals surface area contributed by atoms with Crippen LogP contribution in [0.3, 0.4) is 0 Å². The minimum Gasteiger partial charge on any atom is -0.308 e. The molecule has 1 atom stereocenters. The Kier molecular flexibility index (Phi) is 5.99.